The van der Waals surface area contributed by atoms with Crippen molar-refractivity contribution in [2.45, 2.75) is 19.8 Å². The van der Waals surface area contributed by atoms with E-state index in [2.05, 4.69) is 13.0 Å². The Balaban J connectivity index is 2.49. The summed E-state index contributed by atoms with van der Waals surface area (Å²) in [6.45, 7) is 2.08. The summed E-state index contributed by atoms with van der Waals surface area (Å²) in [5.41, 5.74) is 0.587. The third-order valence-corrected chi connectivity index (χ3v) is 1.94. The van der Waals surface area contributed by atoms with Crippen LogP contribution in [0.3, 0.4) is 0 Å². The molecule has 0 spiro atoms. The monoisotopic (exact) mass is 177 g/mol. The number of hydrogen-bond donors (Lipinski definition) is 0. The Morgan fingerprint density at radius 2 is 2.31 bits per heavy atom. The van der Waals surface area contributed by atoms with Gasteiger partial charge >= 0.3 is 0 Å². The summed E-state index contributed by atoms with van der Waals surface area (Å²) >= 11 is 0. The highest BCUT2D eigenvalue weighted by Crippen LogP contribution is 2.20. The maximum atomic E-state index is 12.7. The fraction of sp³-hybridized carbons (Fsp3) is 0.273. The van der Waals surface area contributed by atoms with Crippen LogP contribution in [0.1, 0.15) is 19.1 Å². The molecule has 1 aromatic heterocycles. The predicted octanol–water partition coefficient (Wildman–Crippen LogP) is 3.32. The normalized spacial score (nSPS) is 10.9. The summed E-state index contributed by atoms with van der Waals surface area (Å²) in [5, 5.41) is 0.852. The topological polar surface area (TPSA) is 13.1 Å². The highest BCUT2D eigenvalue weighted by molar-refractivity contribution is 5.77. The molecule has 0 aliphatic heterocycles. The van der Waals surface area contributed by atoms with Crippen molar-refractivity contribution in [2.75, 3.05) is 0 Å². The van der Waals surface area contributed by atoms with Crippen LogP contribution in [0.25, 0.3) is 11.0 Å². The van der Waals surface area contributed by atoms with Crippen molar-refractivity contribution in [2.24, 2.45) is 0 Å². The van der Waals surface area contributed by atoms with E-state index in [1.807, 2.05) is 6.07 Å². The predicted molar refractivity (Wildman–Crippen MR) is 49.0 cm³/mol. The van der Waals surface area contributed by atoms with Gasteiger partial charge in [-0.3, -0.25) is 0 Å². The summed E-state index contributed by atoms with van der Waals surface area (Å²) in [6, 6.07) is 7.46. The first-order chi connectivity index (χ1) is 6.29. The first kappa shape index (κ1) is 8.30. The van der Waals surface area contributed by atoms with Crippen LogP contribution < -0.4 is 0 Å². The third-order valence-electron chi connectivity index (χ3n) is 1.94. The largest absolute Gasteiger partial charge is 0.461 e. The molecule has 0 atom stereocenters. The minimum absolute atomic E-state index is 0.301. The molecule has 0 aliphatic rings. The quantitative estimate of drug-likeness (QED) is 0.685. The smallest absolute Gasteiger partial charge is 0.137 e. The molecule has 2 rings (SSSR count). The lowest BCUT2D eigenvalue weighted by Crippen LogP contribution is -1.74. The molecule has 0 N–H and O–H groups in total. The van der Waals surface area contributed by atoms with Crippen LogP contribution in [0.4, 0.5) is 4.39 Å². The van der Waals surface area contributed by atoms with Crippen LogP contribution >= 0.6 is 0 Å². The van der Waals surface area contributed by atoms with E-state index in [4.69, 9.17) is 4.42 Å². The fourth-order valence-electron chi connectivity index (χ4n) is 1.36. The number of halogens is 1. The lowest BCUT2D eigenvalue weighted by Gasteiger charge is -1.88. The van der Waals surface area contributed by atoms with Crippen LogP contribution in [0.5, 0.6) is 0 Å². The Morgan fingerprint density at radius 1 is 1.46 bits per heavy atom. The maximum absolute atomic E-state index is 12.7. The van der Waals surface area contributed by atoms with Gasteiger partial charge in [-0.1, -0.05) is 6.92 Å². The van der Waals surface area contributed by atoms with Gasteiger partial charge in [-0.15, -0.1) is 0 Å². The average Bonchev–Trinajstić information content (AvgIpc) is 2.46. The number of hydrogen-bond acceptors (Lipinski definition) is 1. The summed E-state index contributed by atoms with van der Waals surface area (Å²) in [4.78, 5) is 0. The van der Waals surface area contributed by atoms with Gasteiger partial charge in [-0.25, -0.2) is 4.39 Å². The van der Waals surface area contributed by atoms with Crippen molar-refractivity contribution < 1.29 is 8.81 Å². The Morgan fingerprint density at radius 3 is 3.08 bits per heavy atom. The van der Waals surface area contributed by atoms with Gasteiger partial charge in [0.1, 0.15) is 17.2 Å². The second kappa shape index (κ2) is 3.21. The number of aryl methyl sites for hydroxylation is 1. The Kier molecular flexibility index (Phi) is 2.05. The molecule has 0 saturated carbocycles. The molecule has 0 fully saturated rings. The molecular formula is C11H10FO. The minimum Gasteiger partial charge on any atom is -0.461 e. The zero-order valence-corrected chi connectivity index (χ0v) is 7.43. The molecule has 0 aliphatic carbocycles. The molecular weight excluding hydrogens is 167 g/mol. The molecule has 0 amide bonds. The Hall–Kier alpha value is -1.31. The second-order valence-corrected chi connectivity index (χ2v) is 3.06. The highest BCUT2D eigenvalue weighted by atomic mass is 19.1. The molecule has 2 aromatic rings. The van der Waals surface area contributed by atoms with E-state index < -0.39 is 0 Å². The van der Waals surface area contributed by atoms with Gasteiger partial charge < -0.3 is 4.42 Å². The van der Waals surface area contributed by atoms with Crippen molar-refractivity contribution >= 4 is 11.0 Å². The maximum Gasteiger partial charge on any atom is 0.137 e. The summed E-state index contributed by atoms with van der Waals surface area (Å²) in [7, 11) is 0. The van der Waals surface area contributed by atoms with Crippen LogP contribution in [0.15, 0.2) is 22.6 Å². The van der Waals surface area contributed by atoms with Gasteiger partial charge in [-0.05, 0) is 24.6 Å². The van der Waals surface area contributed by atoms with Gasteiger partial charge in [0.15, 0.2) is 0 Å². The van der Waals surface area contributed by atoms with E-state index >= 15 is 0 Å². The molecule has 1 nitrogen and oxygen atoms in total. The first-order valence-electron chi connectivity index (χ1n) is 4.39. The third kappa shape index (κ3) is 1.57. The van der Waals surface area contributed by atoms with Gasteiger partial charge in [0.2, 0.25) is 0 Å². The van der Waals surface area contributed by atoms with Crippen molar-refractivity contribution in [1.82, 2.24) is 0 Å². The van der Waals surface area contributed by atoms with Gasteiger partial charge in [0.25, 0.3) is 0 Å². The fourth-order valence-corrected chi connectivity index (χ4v) is 1.36. The molecule has 0 bridgehead atoms. The SMILES string of the molecule is CCCc1cc2[c]cc(F)cc2o1. The van der Waals surface area contributed by atoms with E-state index in [0.29, 0.717) is 5.58 Å². The van der Waals surface area contributed by atoms with Crippen LogP contribution in [-0.2, 0) is 6.42 Å². The second-order valence-electron chi connectivity index (χ2n) is 3.06. The van der Waals surface area contributed by atoms with Crippen LogP contribution in [-0.4, -0.2) is 0 Å². The number of rotatable bonds is 2. The summed E-state index contributed by atoms with van der Waals surface area (Å²) in [5.74, 6) is 0.601. The Bertz CT molecular complexity index is 417. The van der Waals surface area contributed by atoms with Gasteiger partial charge in [-0.2, -0.15) is 0 Å². The molecule has 0 unspecified atom stereocenters. The first-order valence-corrected chi connectivity index (χ1v) is 4.39. The molecule has 1 heterocycles. The van der Waals surface area contributed by atoms with E-state index in [1.165, 1.54) is 12.1 Å². The molecule has 2 heteroatoms. The van der Waals surface area contributed by atoms with Crippen LogP contribution in [0, 0.1) is 11.9 Å². The zero-order chi connectivity index (χ0) is 9.26. The molecule has 67 valence electrons. The van der Waals surface area contributed by atoms with E-state index in [-0.39, 0.29) is 5.82 Å². The average molecular weight is 177 g/mol. The standard InChI is InChI=1S/C11H10FO/c1-2-3-10-6-8-4-5-9(12)7-11(8)13-10/h5-7H,2-3H2,1H3. The Labute approximate surface area is 76.2 Å². The molecule has 1 radical (unpaired) electrons. The molecule has 13 heavy (non-hydrogen) atoms. The van der Waals surface area contributed by atoms with Crippen molar-refractivity contribution in [3.05, 3.63) is 35.8 Å². The van der Waals surface area contributed by atoms with Crippen molar-refractivity contribution in [3.8, 4) is 0 Å². The summed E-state index contributed by atoms with van der Waals surface area (Å²) < 4.78 is 18.2. The number of fused-ring (bicyclic) bond motifs is 1. The van der Waals surface area contributed by atoms with E-state index in [1.54, 1.807) is 0 Å². The van der Waals surface area contributed by atoms with Crippen molar-refractivity contribution in [3.63, 3.8) is 0 Å². The van der Waals surface area contributed by atoms with Crippen LogP contribution in [0.2, 0.25) is 0 Å². The summed E-state index contributed by atoms with van der Waals surface area (Å²) in [6.07, 6.45) is 1.92. The van der Waals surface area contributed by atoms with E-state index in [9.17, 15) is 4.39 Å². The number of benzene rings is 1. The molecule has 0 saturated heterocycles. The molecule has 1 aromatic carbocycles. The van der Waals surface area contributed by atoms with E-state index in [0.717, 1.165) is 24.0 Å². The van der Waals surface area contributed by atoms with Gasteiger partial charge in [0, 0.05) is 17.9 Å². The van der Waals surface area contributed by atoms with Crippen molar-refractivity contribution in [1.29, 1.82) is 0 Å². The lowest BCUT2D eigenvalue weighted by molar-refractivity contribution is 0.540. The highest BCUT2D eigenvalue weighted by Gasteiger charge is 2.03. The number of furan rings is 1. The lowest BCUT2D eigenvalue weighted by atomic mass is 10.2. The zero-order valence-electron chi connectivity index (χ0n) is 7.43. The minimum atomic E-state index is -0.301. The van der Waals surface area contributed by atoms with Gasteiger partial charge in [0.05, 0.1) is 0 Å².